The van der Waals surface area contributed by atoms with Gasteiger partial charge in [-0.05, 0) is 42.8 Å². The molecular formula is C19H17BrClN3O2. The molecule has 3 rings (SSSR count). The first kappa shape index (κ1) is 18.5. The van der Waals surface area contributed by atoms with Crippen LogP contribution in [0.15, 0.2) is 59.3 Å². The van der Waals surface area contributed by atoms with Crippen LogP contribution in [-0.2, 0) is 11.3 Å². The molecular weight excluding hydrogens is 418 g/mol. The lowest BCUT2D eigenvalue weighted by molar-refractivity contribution is -0.123. The van der Waals surface area contributed by atoms with Crippen molar-refractivity contribution >= 4 is 33.4 Å². The first-order valence-electron chi connectivity index (χ1n) is 7.97. The van der Waals surface area contributed by atoms with E-state index >= 15 is 0 Å². The summed E-state index contributed by atoms with van der Waals surface area (Å²) in [4.78, 5) is 16.2. The Hall–Kier alpha value is -2.31. The molecule has 1 aromatic heterocycles. The number of aryl methyl sites for hydroxylation is 1. The summed E-state index contributed by atoms with van der Waals surface area (Å²) in [6.45, 7) is 2.29. The Labute approximate surface area is 165 Å². The highest BCUT2D eigenvalue weighted by Crippen LogP contribution is 2.27. The van der Waals surface area contributed by atoms with Crippen LogP contribution in [0.4, 0.5) is 0 Å². The maximum Gasteiger partial charge on any atom is 0.258 e. The molecule has 2 aromatic carbocycles. The van der Waals surface area contributed by atoms with Gasteiger partial charge in [-0.3, -0.25) is 4.79 Å². The lowest BCUT2D eigenvalue weighted by Gasteiger charge is -2.10. The van der Waals surface area contributed by atoms with E-state index in [9.17, 15) is 4.79 Å². The van der Waals surface area contributed by atoms with Crippen LogP contribution < -0.4 is 10.1 Å². The van der Waals surface area contributed by atoms with Crippen molar-refractivity contribution in [3.8, 4) is 11.4 Å². The minimum Gasteiger partial charge on any atom is -0.482 e. The number of carbonyl (C=O) groups is 1. The van der Waals surface area contributed by atoms with E-state index in [2.05, 4.69) is 26.2 Å². The van der Waals surface area contributed by atoms with Crippen LogP contribution in [0.3, 0.4) is 0 Å². The van der Waals surface area contributed by atoms with Gasteiger partial charge in [-0.1, -0.05) is 39.7 Å². The maximum atomic E-state index is 12.0. The summed E-state index contributed by atoms with van der Waals surface area (Å²) < 4.78 is 8.30. The molecule has 0 fully saturated rings. The average Bonchev–Trinajstić information content (AvgIpc) is 3.05. The molecule has 1 heterocycles. The summed E-state index contributed by atoms with van der Waals surface area (Å²) in [6, 6.07) is 13.2. The lowest BCUT2D eigenvalue weighted by Crippen LogP contribution is -2.28. The highest BCUT2D eigenvalue weighted by Gasteiger charge is 2.07. The van der Waals surface area contributed by atoms with Crippen molar-refractivity contribution in [2.75, 3.05) is 6.61 Å². The van der Waals surface area contributed by atoms with E-state index in [1.54, 1.807) is 18.3 Å². The molecule has 0 unspecified atom stereocenters. The minimum absolute atomic E-state index is 0.0896. The van der Waals surface area contributed by atoms with Gasteiger partial charge in [-0.15, -0.1) is 0 Å². The van der Waals surface area contributed by atoms with Gasteiger partial charge in [-0.25, -0.2) is 4.98 Å². The number of amides is 1. The predicted octanol–water partition coefficient (Wildman–Crippen LogP) is 4.29. The van der Waals surface area contributed by atoms with E-state index in [-0.39, 0.29) is 12.5 Å². The molecule has 1 N–H and O–H groups in total. The van der Waals surface area contributed by atoms with Crippen LogP contribution >= 0.6 is 27.5 Å². The van der Waals surface area contributed by atoms with Crippen molar-refractivity contribution in [2.45, 2.75) is 13.5 Å². The third kappa shape index (κ3) is 4.65. The normalized spacial score (nSPS) is 10.6. The highest BCUT2D eigenvalue weighted by atomic mass is 79.9. The summed E-state index contributed by atoms with van der Waals surface area (Å²) in [5.74, 6) is 1.19. The van der Waals surface area contributed by atoms with E-state index in [0.717, 1.165) is 21.5 Å². The summed E-state index contributed by atoms with van der Waals surface area (Å²) >= 11 is 9.39. The third-order valence-electron chi connectivity index (χ3n) is 3.78. The standard InChI is InChI=1S/C19H17BrClN3O2/c1-13-22-8-9-24(13)16-5-2-14(3-6-16)11-23-19(25)12-26-18-7-4-15(20)10-17(18)21/h2-10H,11-12H2,1H3,(H,23,25). The van der Waals surface area contributed by atoms with E-state index in [4.69, 9.17) is 16.3 Å². The number of nitrogens with zero attached hydrogens (tertiary/aromatic N) is 2. The Morgan fingerprint density at radius 2 is 2.04 bits per heavy atom. The van der Waals surface area contributed by atoms with Crippen LogP contribution in [0.2, 0.25) is 5.02 Å². The molecule has 134 valence electrons. The monoisotopic (exact) mass is 433 g/mol. The number of carbonyl (C=O) groups excluding carboxylic acids is 1. The number of ether oxygens (including phenoxy) is 1. The molecule has 0 spiro atoms. The third-order valence-corrected chi connectivity index (χ3v) is 4.57. The molecule has 7 heteroatoms. The van der Waals surface area contributed by atoms with Gasteiger partial charge in [0.05, 0.1) is 5.02 Å². The molecule has 5 nitrogen and oxygen atoms in total. The smallest absolute Gasteiger partial charge is 0.258 e. The topological polar surface area (TPSA) is 56.2 Å². The van der Waals surface area contributed by atoms with Crippen LogP contribution in [0.1, 0.15) is 11.4 Å². The number of hydrogen-bond acceptors (Lipinski definition) is 3. The summed E-state index contributed by atoms with van der Waals surface area (Å²) in [7, 11) is 0. The fraction of sp³-hybridized carbons (Fsp3) is 0.158. The molecule has 0 aliphatic heterocycles. The molecule has 0 aliphatic carbocycles. The highest BCUT2D eigenvalue weighted by molar-refractivity contribution is 9.10. The van der Waals surface area contributed by atoms with Gasteiger partial charge in [0.1, 0.15) is 11.6 Å². The number of aromatic nitrogens is 2. The van der Waals surface area contributed by atoms with Crippen LogP contribution in [-0.4, -0.2) is 22.1 Å². The van der Waals surface area contributed by atoms with E-state index < -0.39 is 0 Å². The maximum absolute atomic E-state index is 12.0. The van der Waals surface area contributed by atoms with Crippen LogP contribution in [0.25, 0.3) is 5.69 Å². The quantitative estimate of drug-likeness (QED) is 0.629. The minimum atomic E-state index is -0.210. The van der Waals surface area contributed by atoms with Gasteiger partial charge in [0.25, 0.3) is 5.91 Å². The SMILES string of the molecule is Cc1nccn1-c1ccc(CNC(=O)COc2ccc(Br)cc2Cl)cc1. The summed E-state index contributed by atoms with van der Waals surface area (Å²) in [5, 5.41) is 3.29. The zero-order chi connectivity index (χ0) is 18.5. The second-order valence-corrected chi connectivity index (χ2v) is 6.97. The van der Waals surface area contributed by atoms with Crippen molar-refractivity contribution in [3.05, 3.63) is 75.7 Å². The molecule has 0 saturated carbocycles. The van der Waals surface area contributed by atoms with E-state index in [1.165, 1.54) is 0 Å². The first-order chi connectivity index (χ1) is 12.5. The number of benzene rings is 2. The van der Waals surface area contributed by atoms with Crippen LogP contribution in [0, 0.1) is 6.92 Å². The molecule has 3 aromatic rings. The van der Waals surface area contributed by atoms with Gasteiger partial charge < -0.3 is 14.6 Å². The molecule has 0 bridgehead atoms. The van der Waals surface area contributed by atoms with Crippen molar-refractivity contribution in [3.63, 3.8) is 0 Å². The Bertz CT molecular complexity index is 909. The van der Waals surface area contributed by atoms with Gasteiger partial charge in [0, 0.05) is 29.1 Å². The number of halogens is 2. The number of hydrogen-bond donors (Lipinski definition) is 1. The first-order valence-corrected chi connectivity index (χ1v) is 9.14. The van der Waals surface area contributed by atoms with E-state index in [1.807, 2.05) is 48.0 Å². The molecule has 0 atom stereocenters. The van der Waals surface area contributed by atoms with Gasteiger partial charge >= 0.3 is 0 Å². The fourth-order valence-electron chi connectivity index (χ4n) is 2.41. The second kappa shape index (κ2) is 8.38. The van der Waals surface area contributed by atoms with Crippen molar-refractivity contribution < 1.29 is 9.53 Å². The molecule has 0 saturated heterocycles. The average molecular weight is 435 g/mol. The molecule has 0 aliphatic rings. The number of rotatable bonds is 6. The fourth-order valence-corrected chi connectivity index (χ4v) is 3.14. The lowest BCUT2D eigenvalue weighted by atomic mass is 10.2. The Morgan fingerprint density at radius 1 is 1.27 bits per heavy atom. The Morgan fingerprint density at radius 3 is 2.69 bits per heavy atom. The number of nitrogens with one attached hydrogen (secondary N) is 1. The van der Waals surface area contributed by atoms with Crippen molar-refractivity contribution in [1.82, 2.24) is 14.9 Å². The van der Waals surface area contributed by atoms with Crippen LogP contribution in [0.5, 0.6) is 5.75 Å². The molecule has 1 amide bonds. The molecule has 0 radical (unpaired) electrons. The van der Waals surface area contributed by atoms with E-state index in [0.29, 0.717) is 17.3 Å². The Kier molecular flexibility index (Phi) is 5.96. The predicted molar refractivity (Wildman–Crippen MR) is 105 cm³/mol. The largest absolute Gasteiger partial charge is 0.482 e. The summed E-state index contributed by atoms with van der Waals surface area (Å²) in [5.41, 5.74) is 2.03. The van der Waals surface area contributed by atoms with Gasteiger partial charge in [0.15, 0.2) is 6.61 Å². The van der Waals surface area contributed by atoms with Gasteiger partial charge in [-0.2, -0.15) is 0 Å². The van der Waals surface area contributed by atoms with Crippen molar-refractivity contribution in [1.29, 1.82) is 0 Å². The zero-order valence-corrected chi connectivity index (χ0v) is 16.4. The van der Waals surface area contributed by atoms with Gasteiger partial charge in [0.2, 0.25) is 0 Å². The summed E-state index contributed by atoms with van der Waals surface area (Å²) in [6.07, 6.45) is 3.68. The van der Waals surface area contributed by atoms with Crippen molar-refractivity contribution in [2.24, 2.45) is 0 Å². The Balaban J connectivity index is 1.50. The molecule has 26 heavy (non-hydrogen) atoms. The number of imidazole rings is 1. The second-order valence-electron chi connectivity index (χ2n) is 5.65. The zero-order valence-electron chi connectivity index (χ0n) is 14.1.